The molecule has 0 unspecified atom stereocenters. The van der Waals surface area contributed by atoms with E-state index in [1.165, 1.54) is 6.07 Å². The van der Waals surface area contributed by atoms with Crippen molar-refractivity contribution in [3.63, 3.8) is 0 Å². The number of imidazole rings is 1. The Labute approximate surface area is 189 Å². The molecule has 1 aromatic carbocycles. The number of nitrogens with zero attached hydrogens (tertiary/aromatic N) is 4. The molecule has 0 spiro atoms. The maximum Gasteiger partial charge on any atom is 0.255 e. The second-order valence-electron chi connectivity index (χ2n) is 8.32. The molecular formula is C24H24FN5O3. The molecular weight excluding hydrogens is 425 g/mol. The Balaban J connectivity index is 1.41. The van der Waals surface area contributed by atoms with Crippen LogP contribution in [0.15, 0.2) is 55.2 Å². The van der Waals surface area contributed by atoms with E-state index in [9.17, 15) is 14.3 Å². The largest absolute Gasteiger partial charge is 0.389 e. The fourth-order valence-corrected chi connectivity index (χ4v) is 4.15. The maximum absolute atomic E-state index is 14.9. The van der Waals surface area contributed by atoms with E-state index in [2.05, 4.69) is 15.4 Å². The number of amides is 1. The van der Waals surface area contributed by atoms with Gasteiger partial charge in [0.2, 0.25) is 0 Å². The predicted octanol–water partition coefficient (Wildman–Crippen LogP) is 2.34. The van der Waals surface area contributed by atoms with Crippen LogP contribution in [0, 0.1) is 5.82 Å². The number of ether oxygens (including phenoxy) is 1. The number of pyridine rings is 1. The van der Waals surface area contributed by atoms with Gasteiger partial charge in [0.05, 0.1) is 30.5 Å². The third-order valence-electron chi connectivity index (χ3n) is 5.92. The average Bonchev–Trinajstić information content (AvgIpc) is 3.45. The summed E-state index contributed by atoms with van der Waals surface area (Å²) in [5.74, 6) is -0.648. The number of hydrogen-bond acceptors (Lipinski definition) is 5. The number of hydrogen-bond donors (Lipinski definition) is 2. The van der Waals surface area contributed by atoms with E-state index in [-0.39, 0.29) is 24.4 Å². The highest BCUT2D eigenvalue weighted by Crippen LogP contribution is 2.24. The highest BCUT2D eigenvalue weighted by molar-refractivity contribution is 6.00. The molecule has 8 nitrogen and oxygen atoms in total. The van der Waals surface area contributed by atoms with Gasteiger partial charge in [-0.1, -0.05) is 12.1 Å². The van der Waals surface area contributed by atoms with Crippen molar-refractivity contribution in [1.29, 1.82) is 0 Å². The third kappa shape index (κ3) is 4.37. The Kier molecular flexibility index (Phi) is 5.65. The van der Waals surface area contributed by atoms with Gasteiger partial charge in [-0.05, 0) is 35.2 Å². The summed E-state index contributed by atoms with van der Waals surface area (Å²) in [7, 11) is 1.82. The van der Waals surface area contributed by atoms with E-state index in [0.717, 1.165) is 16.7 Å². The summed E-state index contributed by atoms with van der Waals surface area (Å²) in [6.45, 7) is 0.674. The summed E-state index contributed by atoms with van der Waals surface area (Å²) < 4.78 is 23.6. The first kappa shape index (κ1) is 21.3. The van der Waals surface area contributed by atoms with Gasteiger partial charge in [-0.3, -0.25) is 9.48 Å². The van der Waals surface area contributed by atoms with Crippen LogP contribution in [0.3, 0.4) is 0 Å². The lowest BCUT2D eigenvalue weighted by molar-refractivity contribution is -0.0260. The number of fused-ring (bicyclic) bond motifs is 1. The van der Waals surface area contributed by atoms with Crippen molar-refractivity contribution in [2.24, 2.45) is 7.05 Å². The van der Waals surface area contributed by atoms with Gasteiger partial charge in [-0.15, -0.1) is 0 Å². The van der Waals surface area contributed by atoms with Crippen LogP contribution < -0.4 is 5.32 Å². The summed E-state index contributed by atoms with van der Waals surface area (Å²) >= 11 is 0. The Bertz CT molecular complexity index is 1310. The quantitative estimate of drug-likeness (QED) is 0.488. The molecule has 1 amide bonds. The summed E-state index contributed by atoms with van der Waals surface area (Å²) in [6.07, 6.45) is 8.83. The Hall–Kier alpha value is -3.56. The minimum absolute atomic E-state index is 0.193. The molecule has 33 heavy (non-hydrogen) atoms. The molecule has 2 atom stereocenters. The van der Waals surface area contributed by atoms with Gasteiger partial charge in [0.1, 0.15) is 11.5 Å². The Morgan fingerprint density at radius 3 is 2.94 bits per heavy atom. The molecule has 170 valence electrons. The number of aliphatic hydroxyl groups excluding tert-OH is 1. The normalized spacial score (nSPS) is 18.5. The smallest absolute Gasteiger partial charge is 0.255 e. The molecule has 0 saturated carbocycles. The van der Waals surface area contributed by atoms with Crippen LogP contribution in [-0.4, -0.2) is 55.5 Å². The number of benzene rings is 1. The monoisotopic (exact) mass is 449 g/mol. The number of nitrogens with one attached hydrogen (secondary N) is 1. The summed E-state index contributed by atoms with van der Waals surface area (Å²) in [4.78, 5) is 17.3. The molecule has 9 heteroatoms. The molecule has 4 aromatic rings. The molecule has 3 aromatic heterocycles. The number of carbonyl (C=O) groups excluding carboxylic acids is 1. The minimum Gasteiger partial charge on any atom is -0.389 e. The molecule has 2 N–H and O–H groups in total. The molecule has 0 aliphatic carbocycles. The molecule has 1 saturated heterocycles. The summed E-state index contributed by atoms with van der Waals surface area (Å²) in [5, 5.41) is 17.1. The standard InChI is InChI=1S/C24H24FN5O3/c1-29-13-18(11-27-29)16-2-3-17(20(25)10-16)8-15-9-19(23-26-5-6-30(23)12-15)24(32)28-21-4-7-33-14-22(21)31/h2-3,5-6,9-13,21-22,31H,4,7-8,14H2,1H3,(H,28,32)/t21-,22-/m0/s1. The molecule has 1 fully saturated rings. The molecule has 1 aliphatic rings. The highest BCUT2D eigenvalue weighted by atomic mass is 19.1. The van der Waals surface area contributed by atoms with E-state index in [0.29, 0.717) is 36.2 Å². The molecule has 5 rings (SSSR count). The molecule has 0 radical (unpaired) electrons. The Morgan fingerprint density at radius 2 is 2.18 bits per heavy atom. The van der Waals surface area contributed by atoms with Crippen molar-refractivity contribution < 1.29 is 19.0 Å². The van der Waals surface area contributed by atoms with E-state index in [4.69, 9.17) is 4.74 Å². The van der Waals surface area contributed by atoms with E-state index in [1.54, 1.807) is 39.8 Å². The van der Waals surface area contributed by atoms with Crippen molar-refractivity contribution in [3.05, 3.63) is 77.8 Å². The van der Waals surface area contributed by atoms with E-state index in [1.807, 2.05) is 25.5 Å². The SMILES string of the molecule is Cn1cc(-c2ccc(Cc3cc(C(=O)N[C@H]4CCOC[C@@H]4O)c4nccn4c3)c(F)c2)cn1. The fourth-order valence-electron chi connectivity index (χ4n) is 4.15. The topological polar surface area (TPSA) is 93.7 Å². The van der Waals surface area contributed by atoms with E-state index >= 15 is 0 Å². The van der Waals surface area contributed by atoms with Crippen LogP contribution in [-0.2, 0) is 18.2 Å². The van der Waals surface area contributed by atoms with Gasteiger partial charge >= 0.3 is 0 Å². The van der Waals surface area contributed by atoms with Crippen molar-refractivity contribution in [3.8, 4) is 11.1 Å². The van der Waals surface area contributed by atoms with Crippen LogP contribution in [0.2, 0.25) is 0 Å². The zero-order chi connectivity index (χ0) is 22.9. The van der Waals surface area contributed by atoms with Crippen LogP contribution >= 0.6 is 0 Å². The summed E-state index contributed by atoms with van der Waals surface area (Å²) in [5.41, 5.74) is 3.77. The lowest BCUT2D eigenvalue weighted by Crippen LogP contribution is -2.48. The zero-order valence-corrected chi connectivity index (χ0v) is 18.1. The average molecular weight is 449 g/mol. The number of aromatic nitrogens is 4. The fraction of sp³-hybridized carbons (Fsp3) is 0.292. The van der Waals surface area contributed by atoms with Crippen molar-refractivity contribution in [2.45, 2.75) is 25.0 Å². The van der Waals surface area contributed by atoms with Gasteiger partial charge in [0, 0.05) is 50.4 Å². The number of halogens is 1. The molecule has 4 heterocycles. The molecule has 0 bridgehead atoms. The van der Waals surface area contributed by atoms with Crippen LogP contribution in [0.25, 0.3) is 16.8 Å². The highest BCUT2D eigenvalue weighted by Gasteiger charge is 2.26. The first-order valence-corrected chi connectivity index (χ1v) is 10.8. The minimum atomic E-state index is -0.755. The van der Waals surface area contributed by atoms with Crippen molar-refractivity contribution in [2.75, 3.05) is 13.2 Å². The lowest BCUT2D eigenvalue weighted by atomic mass is 10.0. The number of aliphatic hydroxyl groups is 1. The van der Waals surface area contributed by atoms with Gasteiger partial charge in [0.25, 0.3) is 5.91 Å². The van der Waals surface area contributed by atoms with Crippen LogP contribution in [0.4, 0.5) is 4.39 Å². The van der Waals surface area contributed by atoms with Gasteiger partial charge < -0.3 is 19.6 Å². The number of carbonyl (C=O) groups is 1. The first-order chi connectivity index (χ1) is 16.0. The summed E-state index contributed by atoms with van der Waals surface area (Å²) in [6, 6.07) is 6.47. The number of rotatable bonds is 5. The van der Waals surface area contributed by atoms with Gasteiger partial charge in [-0.25, -0.2) is 9.37 Å². The number of aryl methyl sites for hydroxylation is 1. The lowest BCUT2D eigenvalue weighted by Gasteiger charge is -2.28. The predicted molar refractivity (Wildman–Crippen MR) is 119 cm³/mol. The van der Waals surface area contributed by atoms with Crippen LogP contribution in [0.1, 0.15) is 27.9 Å². The van der Waals surface area contributed by atoms with Gasteiger partial charge in [-0.2, -0.15) is 5.10 Å². The maximum atomic E-state index is 14.9. The van der Waals surface area contributed by atoms with E-state index < -0.39 is 6.10 Å². The zero-order valence-electron chi connectivity index (χ0n) is 18.1. The van der Waals surface area contributed by atoms with Crippen LogP contribution in [0.5, 0.6) is 0 Å². The second-order valence-corrected chi connectivity index (χ2v) is 8.32. The van der Waals surface area contributed by atoms with Crippen molar-refractivity contribution in [1.82, 2.24) is 24.5 Å². The Morgan fingerprint density at radius 1 is 1.30 bits per heavy atom. The molecule has 1 aliphatic heterocycles. The third-order valence-corrected chi connectivity index (χ3v) is 5.92. The van der Waals surface area contributed by atoms with Gasteiger partial charge in [0.15, 0.2) is 0 Å². The second kappa shape index (κ2) is 8.76. The first-order valence-electron chi connectivity index (χ1n) is 10.8. The van der Waals surface area contributed by atoms with Crippen molar-refractivity contribution >= 4 is 11.6 Å².